The first-order valence-electron chi connectivity index (χ1n) is 5.33. The number of aromatic nitrogens is 3. The van der Waals surface area contributed by atoms with E-state index < -0.39 is 0 Å². The summed E-state index contributed by atoms with van der Waals surface area (Å²) in [5, 5.41) is 0. The van der Waals surface area contributed by atoms with Gasteiger partial charge in [0.15, 0.2) is 5.82 Å². The SMILES string of the molecule is CCc1nc(-c2ccc(C)cn2)[nH]c(=O)c1I. The fourth-order valence-electron chi connectivity index (χ4n) is 1.47. The number of aryl methyl sites for hydroxylation is 2. The van der Waals surface area contributed by atoms with Crippen molar-refractivity contribution in [2.24, 2.45) is 0 Å². The van der Waals surface area contributed by atoms with Gasteiger partial charge < -0.3 is 4.98 Å². The maximum atomic E-state index is 11.7. The monoisotopic (exact) mass is 341 g/mol. The fraction of sp³-hybridized carbons (Fsp3) is 0.250. The van der Waals surface area contributed by atoms with Gasteiger partial charge in [-0.2, -0.15) is 0 Å². The first-order valence-corrected chi connectivity index (χ1v) is 6.41. The third kappa shape index (κ3) is 2.54. The highest BCUT2D eigenvalue weighted by Gasteiger charge is 2.09. The molecule has 0 atom stereocenters. The summed E-state index contributed by atoms with van der Waals surface area (Å²) in [5.74, 6) is 0.535. The van der Waals surface area contributed by atoms with Crippen molar-refractivity contribution in [1.82, 2.24) is 15.0 Å². The zero-order valence-electron chi connectivity index (χ0n) is 9.62. The average molecular weight is 341 g/mol. The number of aromatic amines is 1. The summed E-state index contributed by atoms with van der Waals surface area (Å²) >= 11 is 2.02. The normalized spacial score (nSPS) is 10.5. The van der Waals surface area contributed by atoms with Crippen LogP contribution in [-0.2, 0) is 6.42 Å². The van der Waals surface area contributed by atoms with Crippen LogP contribution in [0.5, 0.6) is 0 Å². The average Bonchev–Trinajstić information content (AvgIpc) is 2.33. The van der Waals surface area contributed by atoms with Gasteiger partial charge in [-0.15, -0.1) is 0 Å². The Labute approximate surface area is 113 Å². The molecule has 2 aromatic rings. The summed E-state index contributed by atoms with van der Waals surface area (Å²) in [6, 6.07) is 3.81. The largest absolute Gasteiger partial charge is 0.304 e. The third-order valence-corrected chi connectivity index (χ3v) is 3.53. The van der Waals surface area contributed by atoms with E-state index in [4.69, 9.17) is 0 Å². The second-order valence-corrected chi connectivity index (χ2v) is 4.83. The summed E-state index contributed by atoms with van der Waals surface area (Å²) in [6.07, 6.45) is 2.50. The lowest BCUT2D eigenvalue weighted by molar-refractivity contribution is 0.961. The molecule has 2 rings (SSSR count). The Bertz CT molecular complexity index is 590. The number of nitrogens with one attached hydrogen (secondary N) is 1. The molecule has 0 saturated carbocycles. The highest BCUT2D eigenvalue weighted by molar-refractivity contribution is 14.1. The smallest absolute Gasteiger partial charge is 0.264 e. The number of hydrogen-bond donors (Lipinski definition) is 1. The Morgan fingerprint density at radius 2 is 2.18 bits per heavy atom. The molecule has 0 aliphatic heterocycles. The highest BCUT2D eigenvalue weighted by atomic mass is 127. The molecule has 0 aromatic carbocycles. The van der Waals surface area contributed by atoms with Gasteiger partial charge >= 0.3 is 0 Å². The van der Waals surface area contributed by atoms with Crippen LogP contribution in [0.15, 0.2) is 23.1 Å². The van der Waals surface area contributed by atoms with Gasteiger partial charge in [-0.3, -0.25) is 9.78 Å². The molecule has 2 heterocycles. The lowest BCUT2D eigenvalue weighted by Gasteiger charge is -2.04. The lowest BCUT2D eigenvalue weighted by atomic mass is 10.2. The van der Waals surface area contributed by atoms with Crippen LogP contribution in [0.25, 0.3) is 11.5 Å². The van der Waals surface area contributed by atoms with Crippen LogP contribution < -0.4 is 5.56 Å². The molecule has 5 heteroatoms. The minimum absolute atomic E-state index is 0.102. The molecule has 0 saturated heterocycles. The van der Waals surface area contributed by atoms with E-state index in [1.165, 1.54) is 0 Å². The molecule has 88 valence electrons. The summed E-state index contributed by atoms with van der Waals surface area (Å²) in [6.45, 7) is 3.95. The van der Waals surface area contributed by atoms with Gasteiger partial charge in [0, 0.05) is 6.20 Å². The summed E-state index contributed by atoms with van der Waals surface area (Å²) in [7, 11) is 0. The maximum Gasteiger partial charge on any atom is 0.264 e. The van der Waals surface area contributed by atoms with Crippen molar-refractivity contribution in [2.45, 2.75) is 20.3 Å². The molecular formula is C12H12IN3O. The van der Waals surface area contributed by atoms with Crippen molar-refractivity contribution in [3.8, 4) is 11.5 Å². The van der Waals surface area contributed by atoms with E-state index in [9.17, 15) is 4.79 Å². The van der Waals surface area contributed by atoms with Crippen molar-refractivity contribution < 1.29 is 0 Å². The van der Waals surface area contributed by atoms with Crippen LogP contribution in [0.2, 0.25) is 0 Å². The van der Waals surface area contributed by atoms with E-state index >= 15 is 0 Å². The second-order valence-electron chi connectivity index (χ2n) is 3.75. The molecule has 0 amide bonds. The standard InChI is InChI=1S/C12H12IN3O/c1-3-8-10(13)12(17)16-11(15-8)9-5-4-7(2)6-14-9/h4-6H,3H2,1-2H3,(H,15,16,17). The zero-order chi connectivity index (χ0) is 12.4. The first kappa shape index (κ1) is 12.2. The first-order chi connectivity index (χ1) is 8.11. The summed E-state index contributed by atoms with van der Waals surface area (Å²) in [5.41, 5.74) is 2.48. The predicted molar refractivity (Wildman–Crippen MR) is 74.9 cm³/mol. The van der Waals surface area contributed by atoms with Crippen molar-refractivity contribution >= 4 is 22.6 Å². The van der Waals surface area contributed by atoms with E-state index in [0.29, 0.717) is 15.1 Å². The van der Waals surface area contributed by atoms with Crippen LogP contribution in [-0.4, -0.2) is 15.0 Å². The molecule has 2 aromatic heterocycles. The molecular weight excluding hydrogens is 329 g/mol. The van der Waals surface area contributed by atoms with E-state index in [1.807, 2.05) is 48.6 Å². The molecule has 0 unspecified atom stereocenters. The number of halogens is 1. The topological polar surface area (TPSA) is 58.6 Å². The van der Waals surface area contributed by atoms with Gasteiger partial charge in [0.05, 0.1) is 9.26 Å². The maximum absolute atomic E-state index is 11.7. The van der Waals surface area contributed by atoms with Crippen LogP contribution in [0.3, 0.4) is 0 Å². The highest BCUT2D eigenvalue weighted by Crippen LogP contribution is 2.13. The Hall–Kier alpha value is -1.24. The molecule has 1 N–H and O–H groups in total. The molecule has 0 radical (unpaired) electrons. The van der Waals surface area contributed by atoms with Gasteiger partial charge in [0.2, 0.25) is 0 Å². The summed E-state index contributed by atoms with van der Waals surface area (Å²) in [4.78, 5) is 23.2. The third-order valence-electron chi connectivity index (χ3n) is 2.42. The van der Waals surface area contributed by atoms with Crippen molar-refractivity contribution in [3.05, 3.63) is 43.5 Å². The van der Waals surface area contributed by atoms with Crippen LogP contribution in [0.1, 0.15) is 18.2 Å². The minimum Gasteiger partial charge on any atom is -0.304 e. The van der Waals surface area contributed by atoms with Gasteiger partial charge in [0.1, 0.15) is 5.69 Å². The number of hydrogen-bond acceptors (Lipinski definition) is 3. The van der Waals surface area contributed by atoms with Gasteiger partial charge in [-0.25, -0.2) is 4.98 Å². The number of nitrogens with zero attached hydrogens (tertiary/aromatic N) is 2. The number of pyridine rings is 1. The minimum atomic E-state index is -0.102. The number of H-pyrrole nitrogens is 1. The second kappa shape index (κ2) is 4.95. The number of rotatable bonds is 2. The van der Waals surface area contributed by atoms with Crippen molar-refractivity contribution in [3.63, 3.8) is 0 Å². The Morgan fingerprint density at radius 1 is 1.41 bits per heavy atom. The van der Waals surface area contributed by atoms with Crippen molar-refractivity contribution in [2.75, 3.05) is 0 Å². The lowest BCUT2D eigenvalue weighted by Crippen LogP contribution is -2.16. The Morgan fingerprint density at radius 3 is 2.76 bits per heavy atom. The van der Waals surface area contributed by atoms with Crippen LogP contribution in [0, 0.1) is 10.5 Å². The zero-order valence-corrected chi connectivity index (χ0v) is 11.8. The van der Waals surface area contributed by atoms with E-state index in [2.05, 4.69) is 15.0 Å². The fourth-order valence-corrected chi connectivity index (χ4v) is 2.11. The predicted octanol–water partition coefficient (Wildman–Crippen LogP) is 2.31. The van der Waals surface area contributed by atoms with E-state index in [1.54, 1.807) is 6.20 Å². The Balaban J connectivity index is 2.56. The molecule has 4 nitrogen and oxygen atoms in total. The van der Waals surface area contributed by atoms with Gasteiger partial charge in [-0.05, 0) is 47.6 Å². The molecule has 0 aliphatic carbocycles. The molecule has 0 bridgehead atoms. The molecule has 17 heavy (non-hydrogen) atoms. The molecule has 0 spiro atoms. The Kier molecular flexibility index (Phi) is 3.56. The van der Waals surface area contributed by atoms with E-state index in [0.717, 1.165) is 17.7 Å². The quantitative estimate of drug-likeness (QED) is 0.853. The van der Waals surface area contributed by atoms with Crippen LogP contribution >= 0.6 is 22.6 Å². The summed E-state index contributed by atoms with van der Waals surface area (Å²) < 4.78 is 0.654. The molecule has 0 fully saturated rings. The van der Waals surface area contributed by atoms with Crippen LogP contribution in [0.4, 0.5) is 0 Å². The van der Waals surface area contributed by atoms with Crippen molar-refractivity contribution in [1.29, 1.82) is 0 Å². The molecule has 0 aliphatic rings. The van der Waals surface area contributed by atoms with Gasteiger partial charge in [-0.1, -0.05) is 13.0 Å². The van der Waals surface area contributed by atoms with Gasteiger partial charge in [0.25, 0.3) is 5.56 Å². The van der Waals surface area contributed by atoms with E-state index in [-0.39, 0.29) is 5.56 Å².